The van der Waals surface area contributed by atoms with Crippen LogP contribution in [0.5, 0.6) is 0 Å². The summed E-state index contributed by atoms with van der Waals surface area (Å²) < 4.78 is 4.97. The van der Waals surface area contributed by atoms with Crippen LogP contribution in [0, 0.1) is 5.92 Å². The summed E-state index contributed by atoms with van der Waals surface area (Å²) >= 11 is 0. The second-order valence-corrected chi connectivity index (χ2v) is 6.98. The smallest absolute Gasteiger partial charge is 0.325 e. The van der Waals surface area contributed by atoms with E-state index in [0.29, 0.717) is 45.6 Å². The molecule has 0 aromatic rings. The highest BCUT2D eigenvalue weighted by Crippen LogP contribution is 2.28. The number of ether oxygens (including phenoxy) is 1. The van der Waals surface area contributed by atoms with Crippen molar-refractivity contribution in [3.8, 4) is 0 Å². The van der Waals surface area contributed by atoms with Crippen molar-refractivity contribution in [3.05, 3.63) is 0 Å². The molecule has 2 rings (SSSR count). The minimum Gasteiger partial charge on any atom is -0.465 e. The van der Waals surface area contributed by atoms with Crippen molar-refractivity contribution in [2.45, 2.75) is 39.0 Å². The number of hydrogen-bond acceptors (Lipinski definition) is 5. The predicted molar refractivity (Wildman–Crippen MR) is 93.9 cm³/mol. The maximum atomic E-state index is 12.6. The van der Waals surface area contributed by atoms with Crippen LogP contribution < -0.4 is 0 Å². The van der Waals surface area contributed by atoms with Crippen molar-refractivity contribution in [1.82, 2.24) is 14.7 Å². The van der Waals surface area contributed by atoms with Gasteiger partial charge in [-0.2, -0.15) is 0 Å². The summed E-state index contributed by atoms with van der Waals surface area (Å²) in [6.07, 6.45) is 4.21. The Bertz CT molecular complexity index is 479. The van der Waals surface area contributed by atoms with Crippen LogP contribution >= 0.6 is 0 Å². The summed E-state index contributed by atoms with van der Waals surface area (Å²) in [5.74, 6) is 0.0371. The van der Waals surface area contributed by atoms with E-state index in [-0.39, 0.29) is 30.2 Å². The van der Waals surface area contributed by atoms with Gasteiger partial charge in [-0.25, -0.2) is 0 Å². The van der Waals surface area contributed by atoms with Crippen molar-refractivity contribution in [1.29, 1.82) is 0 Å². The molecular formula is C18H31N3O4. The van der Waals surface area contributed by atoms with Gasteiger partial charge in [0.05, 0.1) is 6.61 Å². The molecule has 1 aliphatic carbocycles. The van der Waals surface area contributed by atoms with Crippen LogP contribution in [0.15, 0.2) is 0 Å². The van der Waals surface area contributed by atoms with Gasteiger partial charge in [-0.3, -0.25) is 14.4 Å². The lowest BCUT2D eigenvalue weighted by Gasteiger charge is -2.32. The van der Waals surface area contributed by atoms with Gasteiger partial charge < -0.3 is 19.4 Å². The van der Waals surface area contributed by atoms with E-state index in [2.05, 4.69) is 4.90 Å². The van der Waals surface area contributed by atoms with Crippen molar-refractivity contribution in [2.75, 3.05) is 52.9 Å². The van der Waals surface area contributed by atoms with Crippen LogP contribution in [0.4, 0.5) is 0 Å². The molecule has 7 nitrogen and oxygen atoms in total. The quantitative estimate of drug-likeness (QED) is 0.697. The van der Waals surface area contributed by atoms with Crippen LogP contribution in [0.3, 0.4) is 0 Å². The summed E-state index contributed by atoms with van der Waals surface area (Å²) in [6, 6.07) is 0. The van der Waals surface area contributed by atoms with Gasteiger partial charge in [-0.15, -0.1) is 0 Å². The van der Waals surface area contributed by atoms with Gasteiger partial charge >= 0.3 is 5.97 Å². The highest BCUT2D eigenvalue weighted by Gasteiger charge is 2.30. The van der Waals surface area contributed by atoms with Crippen molar-refractivity contribution in [2.24, 2.45) is 5.92 Å². The van der Waals surface area contributed by atoms with E-state index in [1.165, 1.54) is 0 Å². The Kier molecular flexibility index (Phi) is 7.68. The third-order valence-electron chi connectivity index (χ3n) is 5.06. The molecule has 0 aromatic heterocycles. The molecule has 142 valence electrons. The third-order valence-corrected chi connectivity index (χ3v) is 5.06. The molecule has 1 saturated carbocycles. The Balaban J connectivity index is 1.98. The summed E-state index contributed by atoms with van der Waals surface area (Å²) in [5, 5.41) is 0. The molecule has 0 radical (unpaired) electrons. The lowest BCUT2D eigenvalue weighted by Crippen LogP contribution is -2.43. The summed E-state index contributed by atoms with van der Waals surface area (Å²) in [4.78, 5) is 42.4. The molecule has 1 heterocycles. The molecule has 1 aliphatic heterocycles. The number of likely N-dealkylation sites (N-methyl/N-ethyl adjacent to an activating group) is 1. The predicted octanol–water partition coefficient (Wildman–Crippen LogP) is 0.732. The zero-order chi connectivity index (χ0) is 18.2. The minimum atomic E-state index is -0.374. The number of nitrogens with zero attached hydrogens (tertiary/aromatic N) is 3. The highest BCUT2D eigenvalue weighted by molar-refractivity contribution is 5.82. The van der Waals surface area contributed by atoms with Crippen LogP contribution in [0.25, 0.3) is 0 Å². The average molecular weight is 353 g/mol. The monoisotopic (exact) mass is 353 g/mol. The Morgan fingerprint density at radius 1 is 1.08 bits per heavy atom. The molecule has 0 bridgehead atoms. The van der Waals surface area contributed by atoms with Crippen LogP contribution in [0.2, 0.25) is 0 Å². The number of carbonyl (C=O) groups is 3. The third kappa shape index (κ3) is 5.99. The fraction of sp³-hybridized carbons (Fsp3) is 0.833. The second-order valence-electron chi connectivity index (χ2n) is 6.98. The zero-order valence-corrected chi connectivity index (χ0v) is 15.5. The molecular weight excluding hydrogens is 322 g/mol. The Labute approximate surface area is 150 Å². The fourth-order valence-corrected chi connectivity index (χ4v) is 3.20. The largest absolute Gasteiger partial charge is 0.465 e. The molecule has 0 N–H and O–H groups in total. The lowest BCUT2D eigenvalue weighted by atomic mass is 9.84. The molecule has 7 heteroatoms. The SMILES string of the molecule is CCOC(=O)CN1CCCN(C(=O)C2CCC2)CCN(C)CCC1=O. The first-order valence-corrected chi connectivity index (χ1v) is 9.42. The maximum Gasteiger partial charge on any atom is 0.325 e. The molecule has 0 spiro atoms. The molecule has 25 heavy (non-hydrogen) atoms. The molecule has 0 unspecified atom stereocenters. The van der Waals surface area contributed by atoms with Gasteiger partial charge in [0.25, 0.3) is 0 Å². The van der Waals surface area contributed by atoms with E-state index in [9.17, 15) is 14.4 Å². The van der Waals surface area contributed by atoms with Gasteiger partial charge in [-0.1, -0.05) is 6.42 Å². The standard InChI is InChI=1S/C18H31N3O4/c1-3-25-17(23)14-21-10-5-9-20(18(24)15-6-4-7-15)13-12-19(2)11-8-16(21)22/h15H,3-14H2,1-2H3. The van der Waals surface area contributed by atoms with E-state index >= 15 is 0 Å². The van der Waals surface area contributed by atoms with E-state index in [4.69, 9.17) is 4.74 Å². The summed E-state index contributed by atoms with van der Waals surface area (Å²) in [5.41, 5.74) is 0. The van der Waals surface area contributed by atoms with Crippen LogP contribution in [-0.2, 0) is 19.1 Å². The Morgan fingerprint density at radius 2 is 1.84 bits per heavy atom. The first kappa shape index (κ1) is 19.7. The molecule has 2 fully saturated rings. The Hall–Kier alpha value is -1.63. The van der Waals surface area contributed by atoms with Gasteiger partial charge in [0, 0.05) is 45.1 Å². The minimum absolute atomic E-state index is 0.00699. The van der Waals surface area contributed by atoms with Crippen molar-refractivity contribution in [3.63, 3.8) is 0 Å². The summed E-state index contributed by atoms with van der Waals surface area (Å²) in [6.45, 7) is 5.28. The molecule has 0 aromatic carbocycles. The van der Waals surface area contributed by atoms with Crippen molar-refractivity contribution >= 4 is 17.8 Å². The van der Waals surface area contributed by atoms with E-state index in [0.717, 1.165) is 25.8 Å². The first-order chi connectivity index (χ1) is 12.0. The normalized spacial score (nSPS) is 21.4. The maximum absolute atomic E-state index is 12.6. The van der Waals surface area contributed by atoms with Crippen LogP contribution in [0.1, 0.15) is 39.0 Å². The second kappa shape index (κ2) is 9.75. The Morgan fingerprint density at radius 3 is 2.48 bits per heavy atom. The molecule has 0 atom stereocenters. The average Bonchev–Trinajstić information content (AvgIpc) is 2.54. The summed E-state index contributed by atoms with van der Waals surface area (Å²) in [7, 11) is 1.97. The highest BCUT2D eigenvalue weighted by atomic mass is 16.5. The molecule has 2 amide bonds. The topological polar surface area (TPSA) is 70.2 Å². The van der Waals surface area contributed by atoms with E-state index in [1.807, 2.05) is 11.9 Å². The van der Waals surface area contributed by atoms with E-state index < -0.39 is 0 Å². The van der Waals surface area contributed by atoms with Gasteiger partial charge in [-0.05, 0) is 33.2 Å². The van der Waals surface area contributed by atoms with Crippen LogP contribution in [-0.4, -0.2) is 85.4 Å². The van der Waals surface area contributed by atoms with Gasteiger partial charge in [0.15, 0.2) is 0 Å². The fourth-order valence-electron chi connectivity index (χ4n) is 3.20. The van der Waals surface area contributed by atoms with E-state index in [1.54, 1.807) is 11.8 Å². The molecule has 2 aliphatic rings. The van der Waals surface area contributed by atoms with Gasteiger partial charge in [0.1, 0.15) is 6.54 Å². The zero-order valence-electron chi connectivity index (χ0n) is 15.5. The van der Waals surface area contributed by atoms with Gasteiger partial charge in [0.2, 0.25) is 11.8 Å². The number of rotatable bonds is 4. The number of esters is 1. The first-order valence-electron chi connectivity index (χ1n) is 9.42. The number of hydrogen-bond donors (Lipinski definition) is 0. The molecule has 1 saturated heterocycles. The lowest BCUT2D eigenvalue weighted by molar-refractivity contribution is -0.149. The number of amides is 2. The van der Waals surface area contributed by atoms with Crippen molar-refractivity contribution < 1.29 is 19.1 Å². The number of carbonyl (C=O) groups excluding carboxylic acids is 3.